The van der Waals surface area contributed by atoms with Gasteiger partial charge < -0.3 is 10.2 Å². The Morgan fingerprint density at radius 1 is 1.13 bits per heavy atom. The quantitative estimate of drug-likeness (QED) is 0.725. The second-order valence-electron chi connectivity index (χ2n) is 10.8. The number of hydrogen-bond donors (Lipinski definition) is 1. The Balaban J connectivity index is 1.38. The lowest BCUT2D eigenvalue weighted by Crippen LogP contribution is -2.59. The maximum absolute atomic E-state index is 13.6. The van der Waals surface area contributed by atoms with Crippen molar-refractivity contribution in [2.24, 2.45) is 34.5 Å². The van der Waals surface area contributed by atoms with Gasteiger partial charge in [-0.2, -0.15) is 0 Å². The Bertz CT molecular complexity index is 945. The summed E-state index contributed by atoms with van der Waals surface area (Å²) in [4.78, 5) is 27.4. The highest BCUT2D eigenvalue weighted by Gasteiger charge is 2.61. The van der Waals surface area contributed by atoms with E-state index in [9.17, 15) is 14.0 Å². The molecule has 1 aromatic rings. The van der Waals surface area contributed by atoms with E-state index in [-0.39, 0.29) is 40.4 Å². The first-order chi connectivity index (χ1) is 14.7. The van der Waals surface area contributed by atoms with Crippen molar-refractivity contribution in [3.05, 3.63) is 42.2 Å². The van der Waals surface area contributed by atoms with Crippen LogP contribution >= 0.6 is 0 Å². The Morgan fingerprint density at radius 3 is 2.71 bits per heavy atom. The number of amides is 2. The molecule has 7 atom stereocenters. The molecule has 0 aromatic heterocycles. The highest BCUT2D eigenvalue weighted by Crippen LogP contribution is 2.65. The van der Waals surface area contributed by atoms with Crippen molar-refractivity contribution in [3.8, 4) is 0 Å². The van der Waals surface area contributed by atoms with Crippen molar-refractivity contribution < 1.29 is 14.0 Å². The highest BCUT2D eigenvalue weighted by molar-refractivity contribution is 5.93. The van der Waals surface area contributed by atoms with Crippen LogP contribution in [0.15, 0.2) is 36.4 Å². The molecule has 3 fully saturated rings. The summed E-state index contributed by atoms with van der Waals surface area (Å²) in [6, 6.07) is 6.45. The number of carbonyl (C=O) groups excluding carboxylic acids is 2. The summed E-state index contributed by atoms with van der Waals surface area (Å²) < 4.78 is 13.6. The molecule has 5 heteroatoms. The van der Waals surface area contributed by atoms with Crippen LogP contribution in [0.4, 0.5) is 10.1 Å². The molecule has 1 aromatic carbocycles. The molecule has 0 radical (unpaired) electrons. The van der Waals surface area contributed by atoms with Crippen LogP contribution in [0, 0.1) is 40.3 Å². The number of nitrogens with zero attached hydrogens (tertiary/aromatic N) is 1. The lowest BCUT2D eigenvalue weighted by molar-refractivity contribution is -0.141. The van der Waals surface area contributed by atoms with Gasteiger partial charge in [-0.15, -0.1) is 0 Å². The van der Waals surface area contributed by atoms with Gasteiger partial charge in [-0.05, 0) is 86.0 Å². The minimum absolute atomic E-state index is 0.0120. The van der Waals surface area contributed by atoms with E-state index in [4.69, 9.17) is 0 Å². The third kappa shape index (κ3) is 3.07. The van der Waals surface area contributed by atoms with E-state index in [1.165, 1.54) is 12.1 Å². The number of hydrogen-bond acceptors (Lipinski definition) is 2. The van der Waals surface area contributed by atoms with Crippen LogP contribution in [-0.4, -0.2) is 29.8 Å². The largest absolute Gasteiger partial charge is 0.338 e. The Morgan fingerprint density at radius 2 is 1.94 bits per heavy atom. The summed E-state index contributed by atoms with van der Waals surface area (Å²) in [5, 5.41) is 2.98. The SMILES string of the molecule is CN1C(=O)C=C[C@@]2(C)C1CC[C@@H]1[C@H]2CC[C@]2(C)C(C(=O)Nc3cccc(F)c3)CC[C@@H]12. The van der Waals surface area contributed by atoms with Gasteiger partial charge in [0.05, 0.1) is 0 Å². The monoisotopic (exact) mass is 424 g/mol. The zero-order valence-corrected chi connectivity index (χ0v) is 18.7. The smallest absolute Gasteiger partial charge is 0.246 e. The molecule has 31 heavy (non-hydrogen) atoms. The third-order valence-electron chi connectivity index (χ3n) is 9.54. The second kappa shape index (κ2) is 7.18. The van der Waals surface area contributed by atoms with Crippen molar-refractivity contribution in [1.82, 2.24) is 4.90 Å². The number of nitrogens with one attached hydrogen (secondary N) is 1. The molecule has 3 aliphatic carbocycles. The van der Waals surface area contributed by atoms with Gasteiger partial charge >= 0.3 is 0 Å². The topological polar surface area (TPSA) is 49.4 Å². The van der Waals surface area contributed by atoms with E-state index in [1.807, 2.05) is 11.9 Å². The lowest BCUT2D eigenvalue weighted by Gasteiger charge is -2.60. The number of carbonyl (C=O) groups is 2. The van der Waals surface area contributed by atoms with Gasteiger partial charge in [0.25, 0.3) is 0 Å². The maximum atomic E-state index is 13.6. The van der Waals surface area contributed by atoms with Crippen LogP contribution in [-0.2, 0) is 9.59 Å². The maximum Gasteiger partial charge on any atom is 0.246 e. The van der Waals surface area contributed by atoms with Gasteiger partial charge in [0.1, 0.15) is 5.82 Å². The Labute approximate surface area is 184 Å². The van der Waals surface area contributed by atoms with Crippen molar-refractivity contribution in [2.75, 3.05) is 12.4 Å². The second-order valence-corrected chi connectivity index (χ2v) is 10.8. The van der Waals surface area contributed by atoms with Gasteiger partial charge in [-0.25, -0.2) is 4.39 Å². The number of fused-ring (bicyclic) bond motifs is 5. The number of likely N-dealkylation sites (N-methyl/N-ethyl adjacent to an activating group) is 1. The normalized spacial score (nSPS) is 41.4. The van der Waals surface area contributed by atoms with Crippen molar-refractivity contribution in [1.29, 1.82) is 0 Å². The summed E-state index contributed by atoms with van der Waals surface area (Å²) in [6.07, 6.45) is 10.3. The molecular weight excluding hydrogens is 391 g/mol. The molecule has 2 amide bonds. The number of halogens is 1. The molecule has 5 rings (SSSR count). The Kier molecular flexibility index (Phi) is 4.80. The first kappa shape index (κ1) is 20.7. The average Bonchev–Trinajstić information content (AvgIpc) is 3.08. The summed E-state index contributed by atoms with van der Waals surface area (Å²) in [5.41, 5.74) is 0.551. The molecule has 4 aliphatic rings. The molecule has 1 heterocycles. The van der Waals surface area contributed by atoms with Crippen molar-refractivity contribution in [3.63, 3.8) is 0 Å². The molecule has 0 spiro atoms. The van der Waals surface area contributed by atoms with Crippen LogP contribution in [0.3, 0.4) is 0 Å². The van der Waals surface area contributed by atoms with E-state index in [1.54, 1.807) is 18.2 Å². The molecule has 0 saturated heterocycles. The molecule has 1 N–H and O–H groups in total. The van der Waals surface area contributed by atoms with E-state index in [2.05, 4.69) is 25.2 Å². The van der Waals surface area contributed by atoms with Crippen molar-refractivity contribution in [2.45, 2.75) is 58.4 Å². The number of anilines is 1. The first-order valence-corrected chi connectivity index (χ1v) is 11.8. The van der Waals surface area contributed by atoms with Gasteiger partial charge in [0.2, 0.25) is 11.8 Å². The standard InChI is InChI=1S/C26H33FN2O2/c1-25-13-11-20-18(7-10-22-26(20,2)14-12-23(30)29(22)3)19(25)8-9-21(25)24(31)28-17-6-4-5-16(27)15-17/h4-6,12,14-15,18-22H,7-11,13H2,1-3H3,(H,28,31)/t18-,19-,20+,21?,22?,25-,26+/m0/s1. The fraction of sp³-hybridized carbons (Fsp3) is 0.615. The fourth-order valence-electron chi connectivity index (χ4n) is 7.96. The number of rotatable bonds is 2. The highest BCUT2D eigenvalue weighted by atomic mass is 19.1. The minimum atomic E-state index is -0.331. The molecule has 0 bridgehead atoms. The van der Waals surface area contributed by atoms with E-state index < -0.39 is 0 Å². The van der Waals surface area contributed by atoms with Gasteiger partial charge in [-0.1, -0.05) is 26.0 Å². The number of benzene rings is 1. The fourth-order valence-corrected chi connectivity index (χ4v) is 7.96. The van der Waals surface area contributed by atoms with E-state index >= 15 is 0 Å². The molecule has 2 unspecified atom stereocenters. The van der Waals surface area contributed by atoms with Gasteiger partial charge in [0.15, 0.2) is 0 Å². The molecular formula is C26H33FN2O2. The molecule has 166 valence electrons. The van der Waals surface area contributed by atoms with Crippen molar-refractivity contribution >= 4 is 17.5 Å². The van der Waals surface area contributed by atoms with Crippen LogP contribution in [0.2, 0.25) is 0 Å². The van der Waals surface area contributed by atoms with E-state index in [0.29, 0.717) is 23.4 Å². The summed E-state index contributed by atoms with van der Waals surface area (Å²) >= 11 is 0. The zero-order valence-electron chi connectivity index (χ0n) is 18.7. The zero-order chi connectivity index (χ0) is 22.0. The van der Waals surface area contributed by atoms with Crippen LogP contribution in [0.25, 0.3) is 0 Å². The predicted molar refractivity (Wildman–Crippen MR) is 119 cm³/mol. The molecule has 4 nitrogen and oxygen atoms in total. The predicted octanol–water partition coefficient (Wildman–Crippen LogP) is 5.02. The van der Waals surface area contributed by atoms with Gasteiger partial charge in [-0.3, -0.25) is 9.59 Å². The minimum Gasteiger partial charge on any atom is -0.338 e. The summed E-state index contributed by atoms with van der Waals surface area (Å²) in [7, 11) is 1.95. The van der Waals surface area contributed by atoms with Crippen LogP contribution in [0.1, 0.15) is 52.4 Å². The molecule has 1 aliphatic heterocycles. The van der Waals surface area contributed by atoms with Crippen LogP contribution < -0.4 is 5.32 Å². The third-order valence-corrected chi connectivity index (χ3v) is 9.54. The van der Waals surface area contributed by atoms with Gasteiger partial charge in [0, 0.05) is 30.1 Å². The average molecular weight is 425 g/mol. The first-order valence-electron chi connectivity index (χ1n) is 11.8. The Hall–Kier alpha value is -2.17. The summed E-state index contributed by atoms with van der Waals surface area (Å²) in [6.45, 7) is 4.66. The summed E-state index contributed by atoms with van der Waals surface area (Å²) in [5.74, 6) is 1.48. The lowest BCUT2D eigenvalue weighted by atomic mass is 9.47. The van der Waals surface area contributed by atoms with Crippen LogP contribution in [0.5, 0.6) is 0 Å². The molecule has 3 saturated carbocycles. The van der Waals surface area contributed by atoms with E-state index in [0.717, 1.165) is 38.5 Å².